The molecule has 3 aliphatic rings. The molecule has 1 saturated heterocycles. The zero-order valence-corrected chi connectivity index (χ0v) is 22.6. The largest absolute Gasteiger partial charge is 0.444 e. The van der Waals surface area contributed by atoms with E-state index in [0.717, 1.165) is 57.8 Å². The number of ketones is 1. The van der Waals surface area contributed by atoms with E-state index in [9.17, 15) is 24.0 Å². The van der Waals surface area contributed by atoms with Gasteiger partial charge >= 0.3 is 6.09 Å². The molecule has 0 bridgehead atoms. The first-order valence-corrected chi connectivity index (χ1v) is 13.9. The number of carbonyl (C=O) groups is 5. The molecule has 0 aromatic heterocycles. The van der Waals surface area contributed by atoms with Crippen LogP contribution in [0.5, 0.6) is 0 Å². The third-order valence-corrected chi connectivity index (χ3v) is 7.82. The lowest BCUT2D eigenvalue weighted by Crippen LogP contribution is -2.58. The van der Waals surface area contributed by atoms with Crippen molar-refractivity contribution in [3.63, 3.8) is 0 Å². The van der Waals surface area contributed by atoms with Gasteiger partial charge in [0.15, 0.2) is 0 Å². The van der Waals surface area contributed by atoms with E-state index in [2.05, 4.69) is 10.6 Å². The Morgan fingerprint density at radius 1 is 0.892 bits per heavy atom. The second-order valence-electron chi connectivity index (χ2n) is 11.9. The molecule has 3 fully saturated rings. The van der Waals surface area contributed by atoms with E-state index in [1.807, 2.05) is 0 Å². The quantitative estimate of drug-likeness (QED) is 0.398. The van der Waals surface area contributed by atoms with Crippen LogP contribution in [0.1, 0.15) is 97.8 Å². The number of nitrogens with two attached hydrogens (primary N) is 1. The van der Waals surface area contributed by atoms with Crippen molar-refractivity contribution in [3.05, 3.63) is 0 Å². The van der Waals surface area contributed by atoms with E-state index in [1.165, 1.54) is 4.90 Å². The number of amides is 4. The van der Waals surface area contributed by atoms with E-state index in [1.54, 1.807) is 20.8 Å². The molecule has 1 heterocycles. The number of hydrogen-bond donors (Lipinski definition) is 3. The van der Waals surface area contributed by atoms with Crippen LogP contribution in [0.2, 0.25) is 0 Å². The second kappa shape index (κ2) is 12.7. The Balaban J connectivity index is 1.73. The molecule has 0 spiro atoms. The van der Waals surface area contributed by atoms with Crippen molar-refractivity contribution in [1.29, 1.82) is 0 Å². The lowest BCUT2D eigenvalue weighted by atomic mass is 9.83. The van der Waals surface area contributed by atoms with Gasteiger partial charge in [0.05, 0.1) is 6.04 Å². The highest BCUT2D eigenvalue weighted by atomic mass is 16.6. The number of nitrogens with zero attached hydrogens (tertiary/aromatic N) is 1. The molecule has 0 aromatic carbocycles. The van der Waals surface area contributed by atoms with E-state index in [0.29, 0.717) is 25.8 Å². The normalized spacial score (nSPS) is 22.8. The van der Waals surface area contributed by atoms with Gasteiger partial charge in [0.2, 0.25) is 17.6 Å². The van der Waals surface area contributed by atoms with Gasteiger partial charge in [-0.25, -0.2) is 4.79 Å². The molecule has 1 aliphatic heterocycles. The highest BCUT2D eigenvalue weighted by Gasteiger charge is 2.42. The molecule has 2 aliphatic carbocycles. The fourth-order valence-electron chi connectivity index (χ4n) is 6.02. The molecule has 0 aromatic rings. The van der Waals surface area contributed by atoms with E-state index in [4.69, 9.17) is 10.5 Å². The van der Waals surface area contributed by atoms with Crippen molar-refractivity contribution in [2.24, 2.45) is 17.6 Å². The number of rotatable bonds is 9. The minimum absolute atomic E-state index is 0.0374. The lowest BCUT2D eigenvalue weighted by Gasteiger charge is -2.35. The molecule has 1 unspecified atom stereocenters. The maximum atomic E-state index is 13.8. The van der Waals surface area contributed by atoms with E-state index in [-0.39, 0.29) is 17.7 Å². The van der Waals surface area contributed by atoms with E-state index < -0.39 is 47.4 Å². The summed E-state index contributed by atoms with van der Waals surface area (Å²) in [6.07, 6.45) is 9.50. The van der Waals surface area contributed by atoms with Gasteiger partial charge in [-0.1, -0.05) is 44.9 Å². The van der Waals surface area contributed by atoms with Crippen LogP contribution in [0.3, 0.4) is 0 Å². The van der Waals surface area contributed by atoms with Gasteiger partial charge in [-0.3, -0.25) is 19.2 Å². The first-order chi connectivity index (χ1) is 17.5. The molecule has 0 radical (unpaired) electrons. The number of carbonyl (C=O) groups excluding carboxylic acids is 5. The smallest absolute Gasteiger partial charge is 0.408 e. The van der Waals surface area contributed by atoms with Crippen molar-refractivity contribution in [1.82, 2.24) is 15.5 Å². The lowest BCUT2D eigenvalue weighted by molar-refractivity contribution is -0.143. The molecule has 4 N–H and O–H groups in total. The number of ether oxygens (including phenoxy) is 1. The Hall–Kier alpha value is -2.65. The first kappa shape index (κ1) is 28.9. The number of alkyl carbamates (subject to hydrolysis) is 1. The molecule has 4 amide bonds. The molecule has 208 valence electrons. The van der Waals surface area contributed by atoms with Crippen LogP contribution in [0.4, 0.5) is 4.79 Å². The Labute approximate surface area is 219 Å². The standard InChI is InChI=1S/C27H44N4O6/c1-27(2,3)37-26(36)30-21(18-12-5-4-6-13-18)25(35)31-15-9-14-20(31)24(34)29-19(22(32)23(28)33)16-17-10-7-8-11-17/h17-21H,4-16H2,1-3H3,(H2,28,33)(H,29,34)(H,30,36)/t19?,20-,21-/m0/s1. The summed E-state index contributed by atoms with van der Waals surface area (Å²) in [5.41, 5.74) is 4.57. The fraction of sp³-hybridized carbons (Fsp3) is 0.815. The molecule has 2 saturated carbocycles. The second-order valence-corrected chi connectivity index (χ2v) is 11.9. The Bertz CT molecular complexity index is 857. The number of Topliss-reactive ketones (excluding diaryl/α,β-unsaturated/α-hetero) is 1. The molecular weight excluding hydrogens is 476 g/mol. The van der Waals surface area contributed by atoms with Gasteiger partial charge < -0.3 is 26.0 Å². The zero-order chi connectivity index (χ0) is 27.2. The fourth-order valence-corrected chi connectivity index (χ4v) is 6.02. The van der Waals surface area contributed by atoms with E-state index >= 15 is 0 Å². The van der Waals surface area contributed by atoms with Crippen LogP contribution in [0.25, 0.3) is 0 Å². The van der Waals surface area contributed by atoms with Crippen LogP contribution >= 0.6 is 0 Å². The van der Waals surface area contributed by atoms with Crippen molar-refractivity contribution in [3.8, 4) is 0 Å². The average Bonchev–Trinajstić information content (AvgIpc) is 3.53. The summed E-state index contributed by atoms with van der Waals surface area (Å²) >= 11 is 0. The molecular formula is C27H44N4O6. The number of hydrogen-bond acceptors (Lipinski definition) is 6. The summed E-state index contributed by atoms with van der Waals surface area (Å²) in [7, 11) is 0. The van der Waals surface area contributed by atoms with Gasteiger partial charge in [-0.2, -0.15) is 0 Å². The Morgan fingerprint density at radius 2 is 1.51 bits per heavy atom. The van der Waals surface area contributed by atoms with Crippen molar-refractivity contribution in [2.75, 3.05) is 6.54 Å². The predicted octanol–water partition coefficient (Wildman–Crippen LogP) is 2.57. The number of nitrogens with one attached hydrogen (secondary N) is 2. The third-order valence-electron chi connectivity index (χ3n) is 7.82. The summed E-state index contributed by atoms with van der Waals surface area (Å²) in [5.74, 6) is -2.41. The topological polar surface area (TPSA) is 148 Å². The summed E-state index contributed by atoms with van der Waals surface area (Å²) < 4.78 is 5.43. The Morgan fingerprint density at radius 3 is 2.11 bits per heavy atom. The minimum atomic E-state index is -1.07. The third kappa shape index (κ3) is 8.17. The maximum Gasteiger partial charge on any atom is 0.408 e. The van der Waals surface area contributed by atoms with Crippen molar-refractivity contribution < 1.29 is 28.7 Å². The number of likely N-dealkylation sites (tertiary alicyclic amines) is 1. The number of primary amides is 1. The Kier molecular flexibility index (Phi) is 9.95. The minimum Gasteiger partial charge on any atom is -0.444 e. The maximum absolute atomic E-state index is 13.8. The molecule has 10 nitrogen and oxygen atoms in total. The van der Waals surface area contributed by atoms with Crippen LogP contribution in [0, 0.1) is 11.8 Å². The van der Waals surface area contributed by atoms with Gasteiger partial charge in [0.1, 0.15) is 17.7 Å². The van der Waals surface area contributed by atoms with Crippen molar-refractivity contribution in [2.45, 2.75) is 122 Å². The zero-order valence-electron chi connectivity index (χ0n) is 22.6. The van der Waals surface area contributed by atoms with Crippen LogP contribution in [0.15, 0.2) is 0 Å². The van der Waals surface area contributed by atoms with Gasteiger partial charge in [-0.05, 0) is 64.7 Å². The van der Waals surface area contributed by atoms with Gasteiger partial charge in [0.25, 0.3) is 5.91 Å². The van der Waals surface area contributed by atoms with Crippen LogP contribution in [-0.4, -0.2) is 64.8 Å². The summed E-state index contributed by atoms with van der Waals surface area (Å²) in [6.45, 7) is 5.67. The molecule has 10 heteroatoms. The summed E-state index contributed by atoms with van der Waals surface area (Å²) in [5, 5.41) is 5.55. The molecule has 37 heavy (non-hydrogen) atoms. The van der Waals surface area contributed by atoms with Gasteiger partial charge in [-0.15, -0.1) is 0 Å². The SMILES string of the molecule is CC(C)(C)OC(=O)N[C@H](C(=O)N1CCC[C@H]1C(=O)NC(CC1CCCC1)C(=O)C(N)=O)C1CCCCC1. The van der Waals surface area contributed by atoms with Gasteiger partial charge in [0, 0.05) is 6.54 Å². The van der Waals surface area contributed by atoms with Crippen molar-refractivity contribution >= 4 is 29.6 Å². The monoisotopic (exact) mass is 520 g/mol. The molecule has 3 rings (SSSR count). The summed E-state index contributed by atoms with van der Waals surface area (Å²) in [4.78, 5) is 65.5. The summed E-state index contributed by atoms with van der Waals surface area (Å²) in [6, 6.07) is -2.55. The average molecular weight is 521 g/mol. The highest BCUT2D eigenvalue weighted by molar-refractivity contribution is 6.37. The van der Waals surface area contributed by atoms with Crippen LogP contribution < -0.4 is 16.4 Å². The predicted molar refractivity (Wildman–Crippen MR) is 137 cm³/mol. The first-order valence-electron chi connectivity index (χ1n) is 13.9. The highest BCUT2D eigenvalue weighted by Crippen LogP contribution is 2.31. The van der Waals surface area contributed by atoms with Crippen LogP contribution in [-0.2, 0) is 23.9 Å². The molecule has 3 atom stereocenters.